The summed E-state index contributed by atoms with van der Waals surface area (Å²) in [4.78, 5) is 16.3. The Hall–Kier alpha value is -2.05. The highest BCUT2D eigenvalue weighted by Crippen LogP contribution is 2.31. The second kappa shape index (κ2) is 5.62. The fourth-order valence-electron chi connectivity index (χ4n) is 1.89. The molecule has 118 valence electrons. The van der Waals surface area contributed by atoms with Gasteiger partial charge in [-0.25, -0.2) is 19.9 Å². The van der Waals surface area contributed by atoms with Gasteiger partial charge in [-0.15, -0.1) is 0 Å². The molecule has 0 atom stereocenters. The van der Waals surface area contributed by atoms with Crippen LogP contribution in [-0.4, -0.2) is 19.9 Å². The molecule has 0 saturated carbocycles. The molecular formula is C15H17F3N4. The summed E-state index contributed by atoms with van der Waals surface area (Å²) < 4.78 is 37.7. The fourth-order valence-corrected chi connectivity index (χ4v) is 1.89. The van der Waals surface area contributed by atoms with Crippen molar-refractivity contribution in [1.29, 1.82) is 0 Å². The molecule has 0 fully saturated rings. The minimum Gasteiger partial charge on any atom is -0.241 e. The van der Waals surface area contributed by atoms with E-state index in [2.05, 4.69) is 19.9 Å². The topological polar surface area (TPSA) is 51.6 Å². The van der Waals surface area contributed by atoms with Gasteiger partial charge in [-0.2, -0.15) is 13.2 Å². The van der Waals surface area contributed by atoms with Crippen LogP contribution in [0.5, 0.6) is 0 Å². The van der Waals surface area contributed by atoms with Gasteiger partial charge in [0, 0.05) is 36.3 Å². The van der Waals surface area contributed by atoms with Crippen molar-refractivity contribution >= 4 is 0 Å². The van der Waals surface area contributed by atoms with Gasteiger partial charge in [0.15, 0.2) is 0 Å². The zero-order valence-corrected chi connectivity index (χ0v) is 12.8. The highest BCUT2D eigenvalue weighted by Gasteiger charge is 2.33. The number of rotatable bonds is 3. The van der Waals surface area contributed by atoms with Crippen LogP contribution in [-0.2, 0) is 11.6 Å². The van der Waals surface area contributed by atoms with E-state index in [4.69, 9.17) is 0 Å². The van der Waals surface area contributed by atoms with Crippen LogP contribution in [0.3, 0.4) is 0 Å². The van der Waals surface area contributed by atoms with E-state index in [1.807, 2.05) is 27.7 Å². The smallest absolute Gasteiger partial charge is 0.241 e. The van der Waals surface area contributed by atoms with Crippen LogP contribution < -0.4 is 0 Å². The van der Waals surface area contributed by atoms with Crippen LogP contribution in [0.2, 0.25) is 0 Å². The number of hydrogen-bond donors (Lipinski definition) is 0. The molecule has 0 aliphatic carbocycles. The first-order valence-electron chi connectivity index (χ1n) is 6.84. The summed E-state index contributed by atoms with van der Waals surface area (Å²) >= 11 is 0. The van der Waals surface area contributed by atoms with E-state index in [1.165, 1.54) is 0 Å². The second-order valence-electron chi connectivity index (χ2n) is 5.90. The third-order valence-electron chi connectivity index (χ3n) is 3.45. The van der Waals surface area contributed by atoms with Gasteiger partial charge in [-0.1, -0.05) is 13.8 Å². The van der Waals surface area contributed by atoms with Gasteiger partial charge in [0.25, 0.3) is 0 Å². The van der Waals surface area contributed by atoms with E-state index in [1.54, 1.807) is 12.4 Å². The summed E-state index contributed by atoms with van der Waals surface area (Å²) in [7, 11) is 0. The number of halogens is 3. The second-order valence-corrected chi connectivity index (χ2v) is 5.90. The number of alkyl halides is 3. The molecule has 0 N–H and O–H groups in total. The van der Waals surface area contributed by atoms with E-state index < -0.39 is 17.2 Å². The minimum absolute atomic E-state index is 0.208. The first kappa shape index (κ1) is 16.3. The Kier molecular flexibility index (Phi) is 4.17. The van der Waals surface area contributed by atoms with Gasteiger partial charge in [0.1, 0.15) is 11.6 Å². The zero-order chi connectivity index (χ0) is 16.5. The molecule has 4 nitrogen and oxygen atoms in total. The van der Waals surface area contributed by atoms with E-state index >= 15 is 0 Å². The summed E-state index contributed by atoms with van der Waals surface area (Å²) in [6.07, 6.45) is 0.498. The molecule has 2 heterocycles. The molecule has 0 bridgehead atoms. The zero-order valence-electron chi connectivity index (χ0n) is 12.8. The Morgan fingerprint density at radius 1 is 0.818 bits per heavy atom. The number of hydrogen-bond acceptors (Lipinski definition) is 4. The van der Waals surface area contributed by atoms with E-state index in [-0.39, 0.29) is 5.92 Å². The average molecular weight is 310 g/mol. The molecular weight excluding hydrogens is 293 g/mol. The van der Waals surface area contributed by atoms with Crippen LogP contribution in [0.15, 0.2) is 24.8 Å². The van der Waals surface area contributed by atoms with Gasteiger partial charge in [-0.05, 0) is 13.8 Å². The van der Waals surface area contributed by atoms with Gasteiger partial charge in [0.2, 0.25) is 0 Å². The maximum Gasteiger partial charge on any atom is 0.419 e. The van der Waals surface area contributed by atoms with Crippen molar-refractivity contribution in [3.63, 3.8) is 0 Å². The predicted octanol–water partition coefficient (Wildman–Crippen LogP) is 3.73. The summed E-state index contributed by atoms with van der Waals surface area (Å²) in [5, 5.41) is 0. The Labute approximate surface area is 126 Å². The maximum atomic E-state index is 12.6. The predicted molar refractivity (Wildman–Crippen MR) is 75.3 cm³/mol. The molecule has 0 unspecified atom stereocenters. The lowest BCUT2D eigenvalue weighted by Gasteiger charge is -2.23. The normalized spacial score (nSPS) is 12.7. The van der Waals surface area contributed by atoms with Crippen molar-refractivity contribution in [2.24, 2.45) is 0 Å². The van der Waals surface area contributed by atoms with Crippen LogP contribution in [0.1, 0.15) is 56.4 Å². The summed E-state index contributed by atoms with van der Waals surface area (Å²) in [6.45, 7) is 7.62. The Morgan fingerprint density at radius 3 is 1.68 bits per heavy atom. The van der Waals surface area contributed by atoms with Crippen LogP contribution >= 0.6 is 0 Å². The molecule has 2 rings (SSSR count). The van der Waals surface area contributed by atoms with E-state index in [0.717, 1.165) is 18.0 Å². The van der Waals surface area contributed by atoms with Crippen LogP contribution in [0.25, 0.3) is 0 Å². The van der Waals surface area contributed by atoms with Crippen molar-refractivity contribution < 1.29 is 13.2 Å². The minimum atomic E-state index is -4.44. The third kappa shape index (κ3) is 3.23. The molecule has 0 aliphatic heterocycles. The molecule has 0 amide bonds. The molecule has 0 aromatic carbocycles. The molecule has 0 radical (unpaired) electrons. The molecule has 22 heavy (non-hydrogen) atoms. The Balaban J connectivity index is 2.33. The first-order chi connectivity index (χ1) is 10.1. The van der Waals surface area contributed by atoms with Crippen molar-refractivity contribution in [2.75, 3.05) is 0 Å². The summed E-state index contributed by atoms with van der Waals surface area (Å²) in [5.74, 6) is 1.22. The highest BCUT2D eigenvalue weighted by atomic mass is 19.4. The molecule has 2 aromatic heterocycles. The maximum absolute atomic E-state index is 12.6. The molecule has 2 aromatic rings. The highest BCUT2D eigenvalue weighted by molar-refractivity contribution is 5.27. The molecule has 0 aliphatic rings. The molecule has 0 saturated heterocycles. The van der Waals surface area contributed by atoms with Gasteiger partial charge in [0.05, 0.1) is 11.0 Å². The van der Waals surface area contributed by atoms with E-state index in [0.29, 0.717) is 11.6 Å². The Morgan fingerprint density at radius 2 is 1.27 bits per heavy atom. The summed E-state index contributed by atoms with van der Waals surface area (Å²) in [5.41, 5.74) is -0.797. The lowest BCUT2D eigenvalue weighted by atomic mass is 9.85. The van der Waals surface area contributed by atoms with Gasteiger partial charge in [-0.3, -0.25) is 0 Å². The van der Waals surface area contributed by atoms with Crippen LogP contribution in [0, 0.1) is 0 Å². The molecule has 7 heteroatoms. The average Bonchev–Trinajstić information content (AvgIpc) is 2.46. The van der Waals surface area contributed by atoms with Crippen LogP contribution in [0.4, 0.5) is 13.2 Å². The van der Waals surface area contributed by atoms with E-state index in [9.17, 15) is 13.2 Å². The van der Waals surface area contributed by atoms with Crippen molar-refractivity contribution in [3.8, 4) is 0 Å². The van der Waals surface area contributed by atoms with Gasteiger partial charge < -0.3 is 0 Å². The van der Waals surface area contributed by atoms with Gasteiger partial charge >= 0.3 is 6.18 Å². The lowest BCUT2D eigenvalue weighted by Crippen LogP contribution is -2.24. The van der Waals surface area contributed by atoms with Crippen molar-refractivity contribution in [2.45, 2.75) is 45.2 Å². The number of nitrogens with zero attached hydrogens (tertiary/aromatic N) is 4. The fraction of sp³-hybridized carbons (Fsp3) is 0.467. The van der Waals surface area contributed by atoms with Crippen molar-refractivity contribution in [1.82, 2.24) is 19.9 Å². The SMILES string of the molecule is CC(C)c1ncc(C(C)(C)c2ncc(C(F)(F)F)cn2)cn1. The summed E-state index contributed by atoms with van der Waals surface area (Å²) in [6, 6.07) is 0. The monoisotopic (exact) mass is 310 g/mol. The standard InChI is InChI=1S/C15H17F3N4/c1-9(2)12-19-5-10(6-20-12)14(3,4)13-21-7-11(8-22-13)15(16,17)18/h5-9H,1-4H3. The number of aromatic nitrogens is 4. The van der Waals surface area contributed by atoms with Crippen molar-refractivity contribution in [3.05, 3.63) is 47.6 Å². The Bertz CT molecular complexity index is 631. The quantitative estimate of drug-likeness (QED) is 0.866. The lowest BCUT2D eigenvalue weighted by molar-refractivity contribution is -0.138. The molecule has 0 spiro atoms. The largest absolute Gasteiger partial charge is 0.419 e. The first-order valence-corrected chi connectivity index (χ1v) is 6.84. The third-order valence-corrected chi connectivity index (χ3v) is 3.45.